The highest BCUT2D eigenvalue weighted by molar-refractivity contribution is 5.49. The molecule has 8 heteroatoms. The maximum Gasteiger partial charge on any atom is 0.131 e. The molecule has 242 valence electrons. The molecule has 6 nitrogen and oxygen atoms in total. The summed E-state index contributed by atoms with van der Waals surface area (Å²) in [6.07, 6.45) is -0.758. The highest BCUT2D eigenvalue weighted by Crippen LogP contribution is 2.27. The summed E-state index contributed by atoms with van der Waals surface area (Å²) in [4.78, 5) is 4.14. The molecule has 4 aromatic rings. The largest absolute Gasteiger partial charge is 0.378 e. The van der Waals surface area contributed by atoms with Crippen molar-refractivity contribution in [2.45, 2.75) is 44.6 Å². The summed E-state index contributed by atoms with van der Waals surface area (Å²) in [7, 11) is 0. The van der Waals surface area contributed by atoms with Gasteiger partial charge in [-0.2, -0.15) is 0 Å². The Hall–Kier alpha value is -3.66. The van der Waals surface area contributed by atoms with Gasteiger partial charge in [-0.15, -0.1) is 0 Å². The number of piperidine rings is 1. The average molecular weight is 629 g/mol. The number of ether oxygens (including phenoxy) is 4. The van der Waals surface area contributed by atoms with E-state index in [2.05, 4.69) is 4.90 Å². The Morgan fingerprint density at radius 2 is 1.09 bits per heavy atom. The first-order chi connectivity index (χ1) is 22.6. The van der Waals surface area contributed by atoms with Crippen molar-refractivity contribution in [1.29, 1.82) is 0 Å². The summed E-state index contributed by atoms with van der Waals surface area (Å²) in [5, 5.41) is 0. The molecule has 0 saturated carbocycles. The van der Waals surface area contributed by atoms with Crippen LogP contribution in [0.1, 0.15) is 22.3 Å². The Morgan fingerprint density at radius 3 is 1.57 bits per heavy atom. The Balaban J connectivity index is 1.19. The Morgan fingerprint density at radius 1 is 0.630 bits per heavy atom. The number of anilines is 1. The van der Waals surface area contributed by atoms with Gasteiger partial charge in [-0.05, 0) is 35.2 Å². The number of rotatable bonds is 13. The molecule has 6 rings (SSSR count). The van der Waals surface area contributed by atoms with E-state index in [0.717, 1.165) is 16.7 Å². The van der Waals surface area contributed by atoms with E-state index in [-0.39, 0.29) is 30.3 Å². The van der Waals surface area contributed by atoms with Crippen molar-refractivity contribution < 1.29 is 27.7 Å². The van der Waals surface area contributed by atoms with E-state index in [1.54, 1.807) is 0 Å². The molecule has 0 aliphatic carbocycles. The van der Waals surface area contributed by atoms with Crippen molar-refractivity contribution in [3.63, 3.8) is 0 Å². The van der Waals surface area contributed by atoms with Gasteiger partial charge in [-0.25, -0.2) is 8.78 Å². The third-order valence-electron chi connectivity index (χ3n) is 8.69. The SMILES string of the molecule is Fc1cc(N2CCOCC2)cc(F)c1CCN1C[C@H](OCc2ccccc2)C(OCc2ccccc2)[C@H](OCc2ccccc2)C1. The molecule has 2 heterocycles. The number of benzene rings is 4. The summed E-state index contributed by atoms with van der Waals surface area (Å²) >= 11 is 0. The normalized spacial score (nSPS) is 20.6. The van der Waals surface area contributed by atoms with Crippen molar-refractivity contribution in [3.05, 3.63) is 137 Å². The number of morpholine rings is 1. The van der Waals surface area contributed by atoms with Gasteiger partial charge in [-0.3, -0.25) is 4.90 Å². The summed E-state index contributed by atoms with van der Waals surface area (Å²) in [5.74, 6) is -1.03. The molecule has 4 aromatic carbocycles. The fraction of sp³-hybridized carbons (Fsp3) is 0.368. The van der Waals surface area contributed by atoms with Crippen molar-refractivity contribution in [3.8, 4) is 0 Å². The zero-order valence-electron chi connectivity index (χ0n) is 26.1. The van der Waals surface area contributed by atoms with Crippen LogP contribution in [0.5, 0.6) is 0 Å². The zero-order valence-corrected chi connectivity index (χ0v) is 26.1. The minimum Gasteiger partial charge on any atom is -0.378 e. The lowest BCUT2D eigenvalue weighted by molar-refractivity contribution is -0.184. The topological polar surface area (TPSA) is 43.4 Å². The quantitative estimate of drug-likeness (QED) is 0.170. The van der Waals surface area contributed by atoms with Gasteiger partial charge >= 0.3 is 0 Å². The fourth-order valence-electron chi connectivity index (χ4n) is 6.15. The molecule has 0 amide bonds. The molecular formula is C38H42F2N2O4. The van der Waals surface area contributed by atoms with Crippen molar-refractivity contribution in [2.75, 3.05) is 50.8 Å². The fourth-order valence-corrected chi connectivity index (χ4v) is 6.15. The Bertz CT molecular complexity index is 1410. The van der Waals surface area contributed by atoms with Crippen molar-refractivity contribution in [2.24, 2.45) is 0 Å². The van der Waals surface area contributed by atoms with Crippen LogP contribution in [0.4, 0.5) is 14.5 Å². The molecule has 2 fully saturated rings. The van der Waals surface area contributed by atoms with Gasteiger partial charge in [0, 0.05) is 44.0 Å². The van der Waals surface area contributed by atoms with Crippen LogP contribution >= 0.6 is 0 Å². The minimum absolute atomic E-state index is 0.1000. The summed E-state index contributed by atoms with van der Waals surface area (Å²) in [6.45, 7) is 5.15. The first-order valence-corrected chi connectivity index (χ1v) is 16.1. The highest BCUT2D eigenvalue weighted by Gasteiger charge is 2.39. The van der Waals surface area contributed by atoms with Crippen molar-refractivity contribution in [1.82, 2.24) is 4.90 Å². The van der Waals surface area contributed by atoms with Crippen LogP contribution in [0.3, 0.4) is 0 Å². The zero-order chi connectivity index (χ0) is 31.6. The third kappa shape index (κ3) is 8.78. The van der Waals surface area contributed by atoms with Crippen LogP contribution in [0.25, 0.3) is 0 Å². The molecule has 0 aromatic heterocycles. The maximum atomic E-state index is 15.3. The lowest BCUT2D eigenvalue weighted by atomic mass is 9.99. The van der Waals surface area contributed by atoms with Gasteiger partial charge < -0.3 is 23.8 Å². The van der Waals surface area contributed by atoms with Gasteiger partial charge in [0.25, 0.3) is 0 Å². The Kier molecular flexibility index (Phi) is 11.4. The molecule has 1 unspecified atom stereocenters. The standard InChI is InChI=1S/C38H42F2N2O4/c39-34-22-32(42-18-20-43-21-19-42)23-35(40)33(34)16-17-41-24-36(44-26-29-10-4-1-5-11-29)38(46-28-31-14-8-3-9-15-31)37(25-41)45-27-30-12-6-2-7-13-30/h1-15,22-23,36-38H,16-21,24-28H2/t36-,37+,38?. The van der Waals surface area contributed by atoms with E-state index < -0.39 is 11.6 Å². The summed E-state index contributed by atoms with van der Waals surface area (Å²) < 4.78 is 55.7. The molecule has 0 N–H and O–H groups in total. The van der Waals surface area contributed by atoms with E-state index in [4.69, 9.17) is 18.9 Å². The van der Waals surface area contributed by atoms with Crippen LogP contribution in [-0.2, 0) is 45.2 Å². The second-order valence-electron chi connectivity index (χ2n) is 11.9. The van der Waals surface area contributed by atoms with E-state index in [1.807, 2.05) is 95.9 Å². The van der Waals surface area contributed by atoms with Gasteiger partial charge in [0.15, 0.2) is 0 Å². The van der Waals surface area contributed by atoms with Gasteiger partial charge in [0.05, 0.1) is 45.2 Å². The predicted molar refractivity (Wildman–Crippen MR) is 175 cm³/mol. The number of hydrogen-bond donors (Lipinski definition) is 0. The van der Waals surface area contributed by atoms with Crippen molar-refractivity contribution >= 4 is 5.69 Å². The molecule has 2 aliphatic heterocycles. The molecule has 0 radical (unpaired) electrons. The molecule has 0 spiro atoms. The first-order valence-electron chi connectivity index (χ1n) is 16.1. The van der Waals surface area contributed by atoms with Gasteiger partial charge in [0.2, 0.25) is 0 Å². The lowest BCUT2D eigenvalue weighted by Gasteiger charge is -2.43. The summed E-state index contributed by atoms with van der Waals surface area (Å²) in [6, 6.07) is 33.1. The van der Waals surface area contributed by atoms with E-state index in [1.165, 1.54) is 12.1 Å². The van der Waals surface area contributed by atoms with Crippen LogP contribution in [0.15, 0.2) is 103 Å². The monoisotopic (exact) mass is 628 g/mol. The van der Waals surface area contributed by atoms with Crippen LogP contribution in [-0.4, -0.2) is 69.1 Å². The second kappa shape index (κ2) is 16.3. The predicted octanol–water partition coefficient (Wildman–Crippen LogP) is 6.42. The average Bonchev–Trinajstić information content (AvgIpc) is 3.10. The van der Waals surface area contributed by atoms with E-state index >= 15 is 8.78 Å². The lowest BCUT2D eigenvalue weighted by Crippen LogP contribution is -2.58. The smallest absolute Gasteiger partial charge is 0.131 e. The first kappa shape index (κ1) is 32.3. The van der Waals surface area contributed by atoms with E-state index in [9.17, 15) is 0 Å². The van der Waals surface area contributed by atoms with Crippen LogP contribution in [0.2, 0.25) is 0 Å². The molecule has 0 bridgehead atoms. The summed E-state index contributed by atoms with van der Waals surface area (Å²) in [5.41, 5.74) is 3.85. The van der Waals surface area contributed by atoms with Crippen LogP contribution in [0, 0.1) is 11.6 Å². The number of halogens is 2. The van der Waals surface area contributed by atoms with E-state index in [0.29, 0.717) is 71.4 Å². The second-order valence-corrected chi connectivity index (χ2v) is 11.9. The minimum atomic E-state index is -0.517. The Labute approximate surface area is 270 Å². The molecule has 2 aliphatic rings. The third-order valence-corrected chi connectivity index (χ3v) is 8.69. The number of nitrogens with zero attached hydrogens (tertiary/aromatic N) is 2. The molecule has 2 saturated heterocycles. The number of hydrogen-bond acceptors (Lipinski definition) is 6. The highest BCUT2D eigenvalue weighted by atomic mass is 19.1. The number of likely N-dealkylation sites (tertiary alicyclic amines) is 1. The molecule has 3 atom stereocenters. The molecular weight excluding hydrogens is 586 g/mol. The molecule has 46 heavy (non-hydrogen) atoms. The maximum absolute atomic E-state index is 15.3. The van der Waals surface area contributed by atoms with Gasteiger partial charge in [0.1, 0.15) is 17.7 Å². The van der Waals surface area contributed by atoms with Crippen LogP contribution < -0.4 is 4.90 Å². The van der Waals surface area contributed by atoms with Gasteiger partial charge in [-0.1, -0.05) is 91.0 Å².